The minimum Gasteiger partial charge on any atom is -0.450 e. The molecule has 1 atom stereocenters. The maximum atomic E-state index is 11.8. The van der Waals surface area contributed by atoms with E-state index >= 15 is 0 Å². The Hall–Kier alpha value is -0.843. The highest BCUT2D eigenvalue weighted by molar-refractivity contribution is 6.81. The van der Waals surface area contributed by atoms with E-state index in [1.54, 1.807) is 6.41 Å². The maximum Gasteiger partial charge on any atom is 0.416 e. The van der Waals surface area contributed by atoms with E-state index in [1.165, 1.54) is 0 Å². The van der Waals surface area contributed by atoms with Crippen molar-refractivity contribution in [3.63, 3.8) is 0 Å². The van der Waals surface area contributed by atoms with Crippen LogP contribution in [0, 0.1) is 0 Å². The minimum atomic E-state index is -1.75. The summed E-state index contributed by atoms with van der Waals surface area (Å²) in [5.74, 6) is 0. The van der Waals surface area contributed by atoms with Crippen molar-refractivity contribution in [2.24, 2.45) is 0 Å². The predicted octanol–water partition coefficient (Wildman–Crippen LogP) is 3.34. The molecule has 0 aromatic rings. The van der Waals surface area contributed by atoms with Crippen LogP contribution in [0.4, 0.5) is 4.79 Å². The van der Waals surface area contributed by atoms with E-state index in [2.05, 4.69) is 33.9 Å². The van der Waals surface area contributed by atoms with Crippen LogP contribution in [0.1, 0.15) is 41.0 Å². The molecule has 1 radical (unpaired) electrons. The van der Waals surface area contributed by atoms with Crippen LogP contribution in [-0.2, 0) is 9.53 Å². The first-order chi connectivity index (χ1) is 8.07. The quantitative estimate of drug-likeness (QED) is 0.569. The smallest absolute Gasteiger partial charge is 0.416 e. The number of carbonyl (C=O) groups is 1. The van der Waals surface area contributed by atoms with Gasteiger partial charge in [0.25, 0.3) is 0 Å². The third-order valence-corrected chi connectivity index (χ3v) is 10.0. The van der Waals surface area contributed by atoms with Gasteiger partial charge in [0, 0.05) is 6.54 Å². The molecule has 0 fully saturated rings. The van der Waals surface area contributed by atoms with Crippen molar-refractivity contribution in [1.29, 1.82) is 0 Å². The highest BCUT2D eigenvalue weighted by Gasteiger charge is 2.42. The zero-order valence-corrected chi connectivity index (χ0v) is 13.7. The topological polar surface area (TPSA) is 46.6 Å². The number of nitrogens with zero attached hydrogens (tertiary/aromatic N) is 1. The number of carbonyl (C=O) groups excluding carboxylic acids is 2. The molecule has 1 unspecified atom stereocenters. The summed E-state index contributed by atoms with van der Waals surface area (Å²) in [7, 11) is -1.75. The number of hydrogen-bond donors (Lipinski definition) is 0. The molecule has 5 heteroatoms. The highest BCUT2D eigenvalue weighted by Crippen LogP contribution is 2.39. The molecule has 0 spiro atoms. The summed E-state index contributed by atoms with van der Waals surface area (Å²) >= 11 is 0. The van der Waals surface area contributed by atoms with Gasteiger partial charge in [0.15, 0.2) is 0 Å². The van der Waals surface area contributed by atoms with Crippen LogP contribution in [0.5, 0.6) is 0 Å². The molecular weight excluding hydrogens is 246 g/mol. The molecule has 0 bridgehead atoms. The molecule has 18 heavy (non-hydrogen) atoms. The Labute approximate surface area is 112 Å². The number of imide groups is 1. The Kier molecular flexibility index (Phi) is 6.06. The van der Waals surface area contributed by atoms with Crippen molar-refractivity contribution in [3.05, 3.63) is 0 Å². The fourth-order valence-corrected chi connectivity index (χ4v) is 2.98. The van der Waals surface area contributed by atoms with Gasteiger partial charge < -0.3 is 4.74 Å². The zero-order chi connectivity index (χ0) is 14.6. The number of hydrogen-bond acceptors (Lipinski definition) is 3. The third kappa shape index (κ3) is 4.12. The van der Waals surface area contributed by atoms with E-state index < -0.39 is 14.2 Å². The minimum absolute atomic E-state index is 0.132. The predicted molar refractivity (Wildman–Crippen MR) is 75.8 cm³/mol. The van der Waals surface area contributed by atoms with E-state index in [0.29, 0.717) is 13.0 Å². The van der Waals surface area contributed by atoms with Crippen LogP contribution in [-0.4, -0.2) is 37.7 Å². The molecule has 0 aromatic heterocycles. The van der Waals surface area contributed by atoms with Gasteiger partial charge >= 0.3 is 12.5 Å². The lowest BCUT2D eigenvalue weighted by molar-refractivity contribution is 0.109. The van der Waals surface area contributed by atoms with Gasteiger partial charge in [-0.3, -0.25) is 4.79 Å². The summed E-state index contributed by atoms with van der Waals surface area (Å²) in [5, 5.41) is 0.132. The molecule has 0 aliphatic carbocycles. The summed E-state index contributed by atoms with van der Waals surface area (Å²) in [4.78, 5) is 23.5. The average molecular weight is 272 g/mol. The number of ether oxygens (including phenoxy) is 1. The number of amides is 2. The van der Waals surface area contributed by atoms with Gasteiger partial charge in [0.2, 0.25) is 0 Å². The summed E-state index contributed by atoms with van der Waals surface area (Å²) < 4.78 is 5.43. The molecular formula is C13H26NO3Si. The molecule has 0 aliphatic heterocycles. The zero-order valence-electron chi connectivity index (χ0n) is 12.7. The van der Waals surface area contributed by atoms with Gasteiger partial charge in [0.05, 0.1) is 5.73 Å². The Morgan fingerprint density at radius 3 is 2.22 bits per heavy atom. The molecule has 0 saturated carbocycles. The van der Waals surface area contributed by atoms with Crippen LogP contribution in [0.15, 0.2) is 0 Å². The Morgan fingerprint density at radius 2 is 1.89 bits per heavy atom. The van der Waals surface area contributed by atoms with Crippen molar-refractivity contribution in [3.8, 4) is 0 Å². The summed E-state index contributed by atoms with van der Waals surface area (Å²) in [6.45, 7) is 15.1. The maximum absolute atomic E-state index is 11.8. The van der Waals surface area contributed by atoms with Gasteiger partial charge in [-0.15, -0.1) is 0 Å². The molecule has 0 aromatic carbocycles. The van der Waals surface area contributed by atoms with Crippen molar-refractivity contribution >= 4 is 20.6 Å². The second kappa shape index (κ2) is 6.36. The third-order valence-electron chi connectivity index (χ3n) is 4.00. The van der Waals surface area contributed by atoms with Gasteiger partial charge in [0.1, 0.15) is 8.07 Å². The van der Waals surface area contributed by atoms with Crippen LogP contribution >= 0.6 is 0 Å². The fourth-order valence-electron chi connectivity index (χ4n) is 1.37. The Bertz CT molecular complexity index is 297. The van der Waals surface area contributed by atoms with Gasteiger partial charge in [-0.1, -0.05) is 40.8 Å². The molecule has 0 aliphatic rings. The van der Waals surface area contributed by atoms with Crippen LogP contribution in [0.3, 0.4) is 0 Å². The van der Waals surface area contributed by atoms with Crippen molar-refractivity contribution in [1.82, 2.24) is 4.90 Å². The number of rotatable bonds is 5. The summed E-state index contributed by atoms with van der Waals surface area (Å²) in [6.07, 6.45) is 1.75. The second-order valence-corrected chi connectivity index (χ2v) is 12.0. The molecule has 105 valence electrons. The van der Waals surface area contributed by atoms with Crippen LogP contribution < -0.4 is 0 Å². The van der Waals surface area contributed by atoms with Crippen molar-refractivity contribution in [2.45, 2.75) is 64.9 Å². The molecule has 0 heterocycles. The SMILES string of the molecule is CCCN([C]=O)C(=O)OC(C)[Si](C)(C)C(C)(C)C. The van der Waals surface area contributed by atoms with Crippen molar-refractivity contribution < 1.29 is 14.3 Å². The second-order valence-electron chi connectivity index (χ2n) is 6.24. The molecule has 0 saturated heterocycles. The van der Waals surface area contributed by atoms with E-state index in [4.69, 9.17) is 4.74 Å². The lowest BCUT2D eigenvalue weighted by Gasteiger charge is -2.41. The summed E-state index contributed by atoms with van der Waals surface area (Å²) in [6, 6.07) is 0. The molecule has 0 N–H and O–H groups in total. The Balaban J connectivity index is 4.70. The van der Waals surface area contributed by atoms with Crippen LogP contribution in [0.25, 0.3) is 0 Å². The summed E-state index contributed by atoms with van der Waals surface area (Å²) in [5.41, 5.74) is -0.141. The average Bonchev–Trinajstić information content (AvgIpc) is 2.23. The largest absolute Gasteiger partial charge is 0.450 e. The van der Waals surface area contributed by atoms with Crippen molar-refractivity contribution in [2.75, 3.05) is 6.54 Å². The normalized spacial score (nSPS) is 13.9. The van der Waals surface area contributed by atoms with E-state index in [0.717, 1.165) is 4.90 Å². The van der Waals surface area contributed by atoms with E-state index in [-0.39, 0.29) is 10.8 Å². The van der Waals surface area contributed by atoms with Gasteiger partial charge in [-0.25, -0.2) is 9.69 Å². The van der Waals surface area contributed by atoms with E-state index in [9.17, 15) is 9.59 Å². The lowest BCUT2D eigenvalue weighted by atomic mass is 10.2. The first-order valence-corrected chi connectivity index (χ1v) is 9.51. The molecule has 4 nitrogen and oxygen atoms in total. The standard InChI is InChI=1S/C13H26NO3Si/c1-8-9-14(10-15)12(16)17-11(2)18(6,7)13(3,4)5/h11H,8-9H2,1-7H3. The van der Waals surface area contributed by atoms with Gasteiger partial charge in [-0.2, -0.15) is 0 Å². The van der Waals surface area contributed by atoms with Gasteiger partial charge in [-0.05, 0) is 18.4 Å². The molecule has 0 rings (SSSR count). The Morgan fingerprint density at radius 1 is 1.39 bits per heavy atom. The first kappa shape index (κ1) is 17.2. The monoisotopic (exact) mass is 272 g/mol. The highest BCUT2D eigenvalue weighted by atomic mass is 28.3. The van der Waals surface area contributed by atoms with Crippen LogP contribution in [0.2, 0.25) is 18.1 Å². The molecule has 2 amide bonds. The van der Waals surface area contributed by atoms with E-state index in [1.807, 2.05) is 13.8 Å². The lowest BCUT2D eigenvalue weighted by Crippen LogP contribution is -2.51. The first-order valence-electron chi connectivity index (χ1n) is 6.43. The fraction of sp³-hybridized carbons (Fsp3) is 0.846.